The van der Waals surface area contributed by atoms with Gasteiger partial charge in [-0.2, -0.15) is 0 Å². The average Bonchev–Trinajstić information content (AvgIpc) is 2.77. The number of urea groups is 2. The molecule has 11 heteroatoms. The number of sulfonamides is 1. The van der Waals surface area contributed by atoms with Crippen molar-refractivity contribution in [1.29, 1.82) is 0 Å². The molecular formula is C23H22ClFN4O4S. The first-order chi connectivity index (χ1) is 16.1. The molecule has 0 bridgehead atoms. The molecule has 0 heterocycles. The fourth-order valence-electron chi connectivity index (χ4n) is 2.88. The van der Waals surface area contributed by atoms with E-state index in [1.165, 1.54) is 24.3 Å². The molecule has 0 fully saturated rings. The lowest BCUT2D eigenvalue weighted by molar-refractivity contribution is 0.246. The van der Waals surface area contributed by atoms with Gasteiger partial charge in [0.2, 0.25) is 0 Å². The van der Waals surface area contributed by atoms with E-state index >= 15 is 0 Å². The van der Waals surface area contributed by atoms with E-state index in [0.29, 0.717) is 12.1 Å². The minimum Gasteiger partial charge on any atom is -0.337 e. The lowest BCUT2D eigenvalue weighted by Crippen LogP contribution is -2.40. The summed E-state index contributed by atoms with van der Waals surface area (Å²) in [7, 11) is -3.95. The second-order valence-electron chi connectivity index (χ2n) is 7.33. The number of hydrogen-bond acceptors (Lipinski definition) is 4. The largest absolute Gasteiger partial charge is 0.337 e. The third-order valence-corrected chi connectivity index (χ3v) is 6.30. The molecule has 0 saturated heterocycles. The second-order valence-corrected chi connectivity index (χ2v) is 9.42. The average molecular weight is 505 g/mol. The van der Waals surface area contributed by atoms with Gasteiger partial charge in [-0.1, -0.05) is 41.4 Å². The summed E-state index contributed by atoms with van der Waals surface area (Å²) in [4.78, 5) is 24.0. The molecule has 0 saturated carbocycles. The van der Waals surface area contributed by atoms with Crippen LogP contribution in [0, 0.1) is 12.7 Å². The number of carbonyl (C=O) groups excluding carboxylic acids is 2. The second kappa shape index (κ2) is 11.0. The van der Waals surface area contributed by atoms with Gasteiger partial charge < -0.3 is 16.0 Å². The van der Waals surface area contributed by atoms with Crippen LogP contribution in [0.4, 0.5) is 25.4 Å². The van der Waals surface area contributed by atoms with E-state index in [4.69, 9.17) is 11.6 Å². The van der Waals surface area contributed by atoms with Crippen LogP contribution in [-0.4, -0.2) is 27.0 Å². The van der Waals surface area contributed by atoms with Crippen LogP contribution in [0.3, 0.4) is 0 Å². The van der Waals surface area contributed by atoms with Gasteiger partial charge in [0.05, 0.1) is 9.92 Å². The Labute approximate surface area is 201 Å². The smallest absolute Gasteiger partial charge is 0.328 e. The SMILES string of the molecule is Cc1ccc(S(=O)(=O)NC(=O)NCCc2ccc(NC(=O)Nc3ccc(Cl)c(F)c3)cc2)cc1. The van der Waals surface area contributed by atoms with Crippen molar-refractivity contribution < 1.29 is 22.4 Å². The van der Waals surface area contributed by atoms with Crippen LogP contribution in [0.5, 0.6) is 0 Å². The van der Waals surface area contributed by atoms with Crippen molar-refractivity contribution in [1.82, 2.24) is 10.0 Å². The van der Waals surface area contributed by atoms with Gasteiger partial charge in [-0.05, 0) is 61.4 Å². The van der Waals surface area contributed by atoms with Crippen LogP contribution in [0.25, 0.3) is 0 Å². The van der Waals surface area contributed by atoms with Crippen LogP contribution in [0.15, 0.2) is 71.6 Å². The van der Waals surface area contributed by atoms with E-state index in [1.807, 2.05) is 11.6 Å². The lowest BCUT2D eigenvalue weighted by atomic mass is 10.1. The number of benzene rings is 3. The van der Waals surface area contributed by atoms with Crippen molar-refractivity contribution in [3.8, 4) is 0 Å². The van der Waals surface area contributed by atoms with Crippen molar-refractivity contribution in [2.75, 3.05) is 17.2 Å². The predicted octanol–water partition coefficient (Wildman–Crippen LogP) is 4.66. The Morgan fingerprint density at radius 1 is 0.882 bits per heavy atom. The zero-order valence-electron chi connectivity index (χ0n) is 18.1. The molecule has 0 atom stereocenters. The number of hydrogen-bond donors (Lipinski definition) is 4. The van der Waals surface area contributed by atoms with E-state index in [-0.39, 0.29) is 22.2 Å². The van der Waals surface area contributed by atoms with Gasteiger partial charge in [-0.15, -0.1) is 0 Å². The van der Waals surface area contributed by atoms with Gasteiger partial charge >= 0.3 is 12.1 Å². The van der Waals surface area contributed by atoms with Gasteiger partial charge in [0, 0.05) is 17.9 Å². The minimum atomic E-state index is -3.95. The summed E-state index contributed by atoms with van der Waals surface area (Å²) in [5, 5.41) is 7.58. The number of aryl methyl sites for hydroxylation is 1. The Morgan fingerprint density at radius 3 is 2.15 bits per heavy atom. The van der Waals surface area contributed by atoms with E-state index in [1.54, 1.807) is 36.4 Å². The Hall–Kier alpha value is -3.63. The van der Waals surface area contributed by atoms with Crippen molar-refractivity contribution in [2.45, 2.75) is 18.2 Å². The molecular weight excluding hydrogens is 483 g/mol. The number of nitrogens with one attached hydrogen (secondary N) is 4. The minimum absolute atomic E-state index is 0.00146. The Kier molecular flexibility index (Phi) is 8.08. The topological polar surface area (TPSA) is 116 Å². The summed E-state index contributed by atoms with van der Waals surface area (Å²) in [6.45, 7) is 2.03. The quantitative estimate of drug-likeness (QED) is 0.374. The number of carbonyl (C=O) groups is 2. The molecule has 8 nitrogen and oxygen atoms in total. The number of halogens is 2. The molecule has 4 N–H and O–H groups in total. The maximum atomic E-state index is 13.5. The maximum Gasteiger partial charge on any atom is 0.328 e. The number of anilines is 2. The highest BCUT2D eigenvalue weighted by atomic mass is 35.5. The van der Waals surface area contributed by atoms with Gasteiger partial charge in [0.15, 0.2) is 0 Å². The van der Waals surface area contributed by atoms with Gasteiger partial charge in [-0.3, -0.25) is 0 Å². The fraction of sp³-hybridized carbons (Fsp3) is 0.130. The molecule has 0 aliphatic rings. The monoisotopic (exact) mass is 504 g/mol. The zero-order chi connectivity index (χ0) is 24.7. The molecule has 0 aliphatic carbocycles. The molecule has 0 aliphatic heterocycles. The number of amides is 4. The van der Waals surface area contributed by atoms with Crippen molar-refractivity contribution in [2.24, 2.45) is 0 Å². The summed E-state index contributed by atoms with van der Waals surface area (Å²) < 4.78 is 39.9. The molecule has 4 amide bonds. The maximum absolute atomic E-state index is 13.5. The van der Waals surface area contributed by atoms with E-state index < -0.39 is 27.9 Å². The van der Waals surface area contributed by atoms with Crippen molar-refractivity contribution >= 4 is 45.1 Å². The molecule has 0 aromatic heterocycles. The molecule has 0 spiro atoms. The van der Waals surface area contributed by atoms with Crippen LogP contribution >= 0.6 is 11.6 Å². The molecule has 3 aromatic carbocycles. The van der Waals surface area contributed by atoms with Crippen LogP contribution in [-0.2, 0) is 16.4 Å². The van der Waals surface area contributed by atoms with Crippen LogP contribution < -0.4 is 20.7 Å². The van der Waals surface area contributed by atoms with Crippen LogP contribution in [0.2, 0.25) is 5.02 Å². The molecule has 178 valence electrons. The third-order valence-electron chi connectivity index (χ3n) is 4.65. The van der Waals surface area contributed by atoms with E-state index in [2.05, 4.69) is 16.0 Å². The van der Waals surface area contributed by atoms with Crippen molar-refractivity contribution in [3.05, 3.63) is 88.7 Å². The number of rotatable bonds is 7. The highest BCUT2D eigenvalue weighted by Gasteiger charge is 2.17. The Balaban J connectivity index is 1.44. The third kappa shape index (κ3) is 7.19. The summed E-state index contributed by atoms with van der Waals surface area (Å²) >= 11 is 5.62. The first-order valence-corrected chi connectivity index (χ1v) is 12.0. The predicted molar refractivity (Wildman–Crippen MR) is 129 cm³/mol. The summed E-state index contributed by atoms with van der Waals surface area (Å²) in [6, 6.07) is 15.5. The first-order valence-electron chi connectivity index (χ1n) is 10.1. The van der Waals surface area contributed by atoms with Gasteiger partial charge in [-0.25, -0.2) is 27.1 Å². The highest BCUT2D eigenvalue weighted by molar-refractivity contribution is 7.90. The van der Waals surface area contributed by atoms with Gasteiger partial charge in [0.25, 0.3) is 10.0 Å². The van der Waals surface area contributed by atoms with E-state index in [0.717, 1.165) is 17.2 Å². The molecule has 0 unspecified atom stereocenters. The lowest BCUT2D eigenvalue weighted by Gasteiger charge is -2.10. The Bertz CT molecular complexity index is 1280. The highest BCUT2D eigenvalue weighted by Crippen LogP contribution is 2.19. The molecule has 0 radical (unpaired) electrons. The first kappa shape index (κ1) is 25.0. The van der Waals surface area contributed by atoms with Gasteiger partial charge in [0.1, 0.15) is 5.82 Å². The zero-order valence-corrected chi connectivity index (χ0v) is 19.6. The van der Waals surface area contributed by atoms with Crippen molar-refractivity contribution in [3.63, 3.8) is 0 Å². The Morgan fingerprint density at radius 2 is 1.50 bits per heavy atom. The summed E-state index contributed by atoms with van der Waals surface area (Å²) in [6.07, 6.45) is 0.439. The molecule has 3 rings (SSSR count). The molecule has 34 heavy (non-hydrogen) atoms. The van der Waals surface area contributed by atoms with Crippen LogP contribution in [0.1, 0.15) is 11.1 Å². The fourth-order valence-corrected chi connectivity index (χ4v) is 3.92. The molecule has 3 aromatic rings. The van der Waals surface area contributed by atoms with E-state index in [9.17, 15) is 22.4 Å². The summed E-state index contributed by atoms with van der Waals surface area (Å²) in [5.74, 6) is -0.640. The summed E-state index contributed by atoms with van der Waals surface area (Å²) in [5.41, 5.74) is 2.52. The normalized spacial score (nSPS) is 10.9. The standard InChI is InChI=1S/C23H22ClFN4O4S/c1-15-2-9-19(10-3-15)34(32,33)29-22(30)26-13-12-16-4-6-17(7-5-16)27-23(31)28-18-8-11-20(24)21(25)14-18/h2-11,14H,12-13H2,1H3,(H2,26,29,30)(H2,27,28,31).